The number of amides is 1. The lowest BCUT2D eigenvalue weighted by atomic mass is 9.98. The van der Waals surface area contributed by atoms with E-state index in [4.69, 9.17) is 4.74 Å². The van der Waals surface area contributed by atoms with Gasteiger partial charge in [0.2, 0.25) is 10.0 Å². The van der Waals surface area contributed by atoms with Crippen LogP contribution in [-0.4, -0.2) is 55.5 Å². The van der Waals surface area contributed by atoms with Crippen LogP contribution < -0.4 is 5.32 Å². The van der Waals surface area contributed by atoms with Gasteiger partial charge in [-0.1, -0.05) is 0 Å². The Kier molecular flexibility index (Phi) is 7.02. The smallest absolute Gasteiger partial charge is 0.418 e. The van der Waals surface area contributed by atoms with Gasteiger partial charge in [-0.3, -0.25) is 19.7 Å². The number of nitro benzene ring substituents is 1. The van der Waals surface area contributed by atoms with E-state index >= 15 is 0 Å². The largest absolute Gasteiger partial charge is 0.455 e. The quantitative estimate of drug-likeness (QED) is 0.394. The van der Waals surface area contributed by atoms with Gasteiger partial charge in [0.15, 0.2) is 6.61 Å². The summed E-state index contributed by atoms with van der Waals surface area (Å²) in [6.45, 7) is -0.634. The van der Waals surface area contributed by atoms with Gasteiger partial charge in [-0.25, -0.2) is 12.7 Å². The van der Waals surface area contributed by atoms with Crippen LogP contribution in [0.25, 0.3) is 0 Å². The van der Waals surface area contributed by atoms with Gasteiger partial charge in [-0.15, -0.1) is 0 Å². The minimum atomic E-state index is -4.96. The third kappa shape index (κ3) is 6.13. The number of nitro groups is 1. The van der Waals surface area contributed by atoms with Crippen molar-refractivity contribution >= 4 is 33.3 Å². The number of hydrogen-bond acceptors (Lipinski definition) is 7. The van der Waals surface area contributed by atoms with Crippen LogP contribution in [0.3, 0.4) is 0 Å². The third-order valence-corrected chi connectivity index (χ3v) is 5.70. The van der Waals surface area contributed by atoms with Crippen molar-refractivity contribution in [3.63, 3.8) is 0 Å². The average molecular weight is 453 g/mol. The van der Waals surface area contributed by atoms with E-state index in [2.05, 4.69) is 0 Å². The van der Waals surface area contributed by atoms with Gasteiger partial charge in [-0.05, 0) is 18.9 Å². The fraction of sp³-hybridized carbons (Fsp3) is 0.500. The molecule has 0 atom stereocenters. The fourth-order valence-corrected chi connectivity index (χ4v) is 3.73. The van der Waals surface area contributed by atoms with E-state index in [1.165, 1.54) is 4.31 Å². The molecule has 0 spiro atoms. The standard InChI is InChI=1S/C16H18F3N3O7S/c1-30(27,28)21-6-4-10(5-7-21)15(24)29-9-14(23)20-13-3-2-11(22(25)26)8-12(13)16(17,18)19/h2-3,8,10H,4-7,9H2,1H3,(H,20,23). The number of alkyl halides is 3. The van der Waals surface area contributed by atoms with Crippen LogP contribution in [0.1, 0.15) is 18.4 Å². The number of carbonyl (C=O) groups excluding carboxylic acids is 2. The highest BCUT2D eigenvalue weighted by Crippen LogP contribution is 2.37. The summed E-state index contributed by atoms with van der Waals surface area (Å²) in [5, 5.41) is 12.6. The number of rotatable bonds is 6. The molecule has 1 aromatic rings. The van der Waals surface area contributed by atoms with Gasteiger partial charge in [-0.2, -0.15) is 13.2 Å². The van der Waals surface area contributed by atoms with Gasteiger partial charge < -0.3 is 10.1 Å². The molecule has 1 aliphatic heterocycles. The molecule has 1 amide bonds. The highest BCUT2D eigenvalue weighted by atomic mass is 32.2. The Bertz CT molecular complexity index is 942. The van der Waals surface area contributed by atoms with Crippen LogP contribution in [0.5, 0.6) is 0 Å². The SMILES string of the molecule is CS(=O)(=O)N1CCC(C(=O)OCC(=O)Nc2ccc([N+](=O)[O-])cc2C(F)(F)F)CC1. The van der Waals surface area contributed by atoms with Crippen molar-refractivity contribution in [1.29, 1.82) is 0 Å². The van der Waals surface area contributed by atoms with Gasteiger partial charge in [0.1, 0.15) is 0 Å². The first-order valence-electron chi connectivity index (χ1n) is 8.56. The summed E-state index contributed by atoms with van der Waals surface area (Å²) in [7, 11) is -3.38. The molecule has 0 radical (unpaired) electrons. The number of ether oxygens (including phenoxy) is 1. The van der Waals surface area contributed by atoms with E-state index in [-0.39, 0.29) is 32.0 Å². The summed E-state index contributed by atoms with van der Waals surface area (Å²) in [4.78, 5) is 33.6. The summed E-state index contributed by atoms with van der Waals surface area (Å²) in [6.07, 6.45) is -3.54. The lowest BCUT2D eigenvalue weighted by molar-refractivity contribution is -0.385. The predicted octanol–water partition coefficient (Wildman–Crippen LogP) is 1.77. The molecule has 0 aromatic heterocycles. The Morgan fingerprint density at radius 1 is 1.30 bits per heavy atom. The highest BCUT2D eigenvalue weighted by molar-refractivity contribution is 7.88. The van der Waals surface area contributed by atoms with E-state index in [0.717, 1.165) is 18.4 Å². The number of nitrogens with one attached hydrogen (secondary N) is 1. The molecule has 0 bridgehead atoms. The summed E-state index contributed by atoms with van der Waals surface area (Å²) in [5.41, 5.74) is -2.92. The molecule has 1 aliphatic rings. The van der Waals surface area contributed by atoms with Gasteiger partial charge in [0.05, 0.1) is 28.3 Å². The highest BCUT2D eigenvalue weighted by Gasteiger charge is 2.36. The van der Waals surface area contributed by atoms with Crippen LogP contribution in [-0.2, 0) is 30.5 Å². The molecule has 30 heavy (non-hydrogen) atoms. The maximum absolute atomic E-state index is 13.1. The zero-order valence-electron chi connectivity index (χ0n) is 15.6. The summed E-state index contributed by atoms with van der Waals surface area (Å²) in [5.74, 6) is -2.46. The number of carbonyl (C=O) groups is 2. The Morgan fingerprint density at radius 2 is 1.90 bits per heavy atom. The molecule has 10 nitrogen and oxygen atoms in total. The van der Waals surface area contributed by atoms with E-state index < -0.39 is 62.5 Å². The number of halogens is 3. The number of piperidine rings is 1. The normalized spacial score (nSPS) is 16.1. The number of non-ortho nitro benzene ring substituents is 1. The summed E-state index contributed by atoms with van der Waals surface area (Å²) >= 11 is 0. The molecule has 1 aromatic carbocycles. The zero-order chi connectivity index (χ0) is 22.7. The molecule has 166 valence electrons. The number of nitrogens with zero attached hydrogens (tertiary/aromatic N) is 2. The van der Waals surface area contributed by atoms with Crippen molar-refractivity contribution in [2.45, 2.75) is 19.0 Å². The van der Waals surface area contributed by atoms with Gasteiger partial charge in [0.25, 0.3) is 11.6 Å². The second-order valence-corrected chi connectivity index (χ2v) is 8.56. The van der Waals surface area contributed by atoms with Crippen molar-refractivity contribution in [2.24, 2.45) is 5.92 Å². The Labute approximate surface area is 169 Å². The number of hydrogen-bond donors (Lipinski definition) is 1. The predicted molar refractivity (Wildman–Crippen MR) is 96.8 cm³/mol. The monoisotopic (exact) mass is 453 g/mol. The van der Waals surface area contributed by atoms with Gasteiger partial charge in [0, 0.05) is 25.2 Å². The molecule has 1 fully saturated rings. The number of anilines is 1. The number of esters is 1. The number of sulfonamides is 1. The Morgan fingerprint density at radius 3 is 2.40 bits per heavy atom. The number of benzene rings is 1. The molecule has 2 rings (SSSR count). The third-order valence-electron chi connectivity index (χ3n) is 4.40. The molecular weight excluding hydrogens is 435 g/mol. The van der Waals surface area contributed by atoms with E-state index in [0.29, 0.717) is 0 Å². The first-order chi connectivity index (χ1) is 13.8. The molecule has 0 saturated carbocycles. The van der Waals surface area contributed by atoms with E-state index in [9.17, 15) is 41.3 Å². The van der Waals surface area contributed by atoms with Crippen LogP contribution in [0, 0.1) is 16.0 Å². The van der Waals surface area contributed by atoms with Crippen LogP contribution in [0.2, 0.25) is 0 Å². The first kappa shape index (κ1) is 23.5. The first-order valence-corrected chi connectivity index (χ1v) is 10.4. The second-order valence-electron chi connectivity index (χ2n) is 6.58. The van der Waals surface area contributed by atoms with Crippen LogP contribution in [0.4, 0.5) is 24.5 Å². The molecule has 14 heteroatoms. The van der Waals surface area contributed by atoms with E-state index in [1.807, 2.05) is 5.32 Å². The second kappa shape index (κ2) is 8.95. The van der Waals surface area contributed by atoms with Crippen LogP contribution >= 0.6 is 0 Å². The molecule has 1 N–H and O–H groups in total. The summed E-state index contributed by atoms with van der Waals surface area (Å²) < 4.78 is 68.2. The average Bonchev–Trinajstić information content (AvgIpc) is 2.64. The summed E-state index contributed by atoms with van der Waals surface area (Å²) in [6, 6.07) is 1.82. The molecule has 0 unspecified atom stereocenters. The molecule has 1 saturated heterocycles. The maximum atomic E-state index is 13.1. The molecular formula is C16H18F3N3O7S. The minimum Gasteiger partial charge on any atom is -0.455 e. The molecule has 1 heterocycles. The van der Waals surface area contributed by atoms with E-state index in [1.54, 1.807) is 0 Å². The lowest BCUT2D eigenvalue weighted by Gasteiger charge is -2.28. The lowest BCUT2D eigenvalue weighted by Crippen LogP contribution is -2.40. The van der Waals surface area contributed by atoms with Crippen molar-refractivity contribution in [3.8, 4) is 0 Å². The van der Waals surface area contributed by atoms with Crippen molar-refractivity contribution in [1.82, 2.24) is 4.31 Å². The molecule has 0 aliphatic carbocycles. The minimum absolute atomic E-state index is 0.114. The zero-order valence-corrected chi connectivity index (χ0v) is 16.5. The van der Waals surface area contributed by atoms with Crippen molar-refractivity contribution in [2.75, 3.05) is 31.3 Å². The van der Waals surface area contributed by atoms with Crippen molar-refractivity contribution < 1.29 is 40.8 Å². The van der Waals surface area contributed by atoms with Gasteiger partial charge >= 0.3 is 12.1 Å². The van der Waals surface area contributed by atoms with Crippen LogP contribution in [0.15, 0.2) is 18.2 Å². The maximum Gasteiger partial charge on any atom is 0.418 e. The van der Waals surface area contributed by atoms with Crippen molar-refractivity contribution in [3.05, 3.63) is 33.9 Å². The fourth-order valence-electron chi connectivity index (χ4n) is 2.85. The Balaban J connectivity index is 1.95. The topological polar surface area (TPSA) is 136 Å². The Hall–Kier alpha value is -2.74.